The van der Waals surface area contributed by atoms with Gasteiger partial charge in [-0.25, -0.2) is 34.9 Å². The summed E-state index contributed by atoms with van der Waals surface area (Å²) in [6, 6.07) is 173. The molecule has 0 amide bonds. The molecule has 0 radical (unpaired) electrons. The predicted molar refractivity (Wildman–Crippen MR) is 555 cm³/mol. The maximum absolute atomic E-state index is 5.41. The second-order valence-corrected chi connectivity index (χ2v) is 33.8. The first-order chi connectivity index (χ1) is 66.4. The Hall–Kier alpha value is -18.1. The van der Waals surface area contributed by atoms with Gasteiger partial charge in [0.15, 0.2) is 23.3 Å². The molecule has 0 unspecified atom stereocenters. The minimum Gasteiger partial charge on any atom is -0.307 e. The molecule has 626 valence electrons. The fraction of sp³-hybridized carbons (Fsp3) is 0. The van der Waals surface area contributed by atoms with Crippen molar-refractivity contribution in [3.05, 3.63) is 491 Å². The Morgan fingerprint density at radius 1 is 0.149 bits per heavy atom. The normalized spacial score (nSPS) is 11.4. The Kier molecular flexibility index (Phi) is 20.4. The van der Waals surface area contributed by atoms with Crippen LogP contribution in [0.5, 0.6) is 0 Å². The Morgan fingerprint density at radius 2 is 0.418 bits per heavy atom. The summed E-state index contributed by atoms with van der Waals surface area (Å²) in [6.07, 6.45) is 0. The van der Waals surface area contributed by atoms with Gasteiger partial charge in [0.2, 0.25) is 0 Å². The fourth-order valence-corrected chi connectivity index (χ4v) is 19.2. The molecule has 0 aliphatic carbocycles. The second kappa shape index (κ2) is 34.5. The lowest BCUT2D eigenvalue weighted by atomic mass is 9.93. The Bertz CT molecular complexity index is 8540. The highest BCUT2D eigenvalue weighted by atomic mass is 15.0. The number of pyridine rings is 2. The first kappa shape index (κ1) is 79.4. The molecule has 25 aromatic rings. The number of fused-ring (bicyclic) bond motifs is 11. The summed E-state index contributed by atoms with van der Waals surface area (Å²) in [5, 5.41) is 9.31. The molecule has 19 aromatic carbocycles. The van der Waals surface area contributed by atoms with Crippen LogP contribution in [0, 0.1) is 0 Å². The molecule has 0 fully saturated rings. The number of nitrogens with zero attached hydrogens (tertiary/aromatic N) is 9. The molecule has 6 heterocycles. The van der Waals surface area contributed by atoms with Crippen molar-refractivity contribution < 1.29 is 0 Å². The van der Waals surface area contributed by atoms with Crippen molar-refractivity contribution in [3.63, 3.8) is 0 Å². The van der Waals surface area contributed by atoms with Gasteiger partial charge in [0.05, 0.1) is 55.9 Å². The predicted octanol–water partition coefficient (Wildman–Crippen LogP) is 32.1. The summed E-state index contributed by atoms with van der Waals surface area (Å²) < 4.78 is 4.74. The van der Waals surface area contributed by atoms with Gasteiger partial charge in [-0.3, -0.25) is 0 Å². The van der Waals surface area contributed by atoms with Crippen LogP contribution in [0.15, 0.2) is 491 Å². The summed E-state index contributed by atoms with van der Waals surface area (Å²) in [5.74, 6) is 2.53. The molecule has 0 aliphatic heterocycles. The second-order valence-electron chi connectivity index (χ2n) is 33.8. The molecule has 9 heteroatoms. The van der Waals surface area contributed by atoms with Crippen LogP contribution in [0.3, 0.4) is 0 Å². The molecular weight excluding hydrogens is 1630 g/mol. The van der Waals surface area contributed by atoms with E-state index in [1.54, 1.807) is 0 Å². The molecule has 0 bridgehead atoms. The lowest BCUT2D eigenvalue weighted by Crippen LogP contribution is -2.01. The van der Waals surface area contributed by atoms with Crippen molar-refractivity contribution in [1.29, 1.82) is 0 Å². The smallest absolute Gasteiger partial charge is 0.164 e. The van der Waals surface area contributed by atoms with Crippen LogP contribution in [0.1, 0.15) is 0 Å². The standard InChI is InChI=1S/C64H41N5.C61H40N4/c1-4-16-42(17-5-1)44-28-36-48(37-29-44)62-66-63(49-38-30-45(31-39-49)43-18-6-2-7-19-43)68-64(67-62)54-41-40-51(52-22-10-11-23-53(52)54)46-32-34-47(35-33-46)60-61-59(55-24-12-14-26-57(55)65-60)56-25-13-15-27-58(56)69(61)50-20-8-3-9-21-50;1-5-17-41(18-6-1)48-37-49(42-19-7-2-8-20-42)39-50(38-48)56-40-55(45-21-9-3-10-22-45)63-61(64-56)47-35-31-44(32-36-47)43-29-33-46(34-30-43)59-60-58(52-25-13-15-27-54(52)62-59)53-26-14-16-28-57(53)65(60)51-23-11-4-12-24-51/h1-41H;1-40H. The maximum Gasteiger partial charge on any atom is 0.164 e. The molecular formula is C125H81N9. The Morgan fingerprint density at radius 3 is 0.821 bits per heavy atom. The highest BCUT2D eigenvalue weighted by Crippen LogP contribution is 2.47. The van der Waals surface area contributed by atoms with Gasteiger partial charge >= 0.3 is 0 Å². The van der Waals surface area contributed by atoms with Crippen molar-refractivity contribution in [2.45, 2.75) is 0 Å². The van der Waals surface area contributed by atoms with Crippen molar-refractivity contribution in [2.24, 2.45) is 0 Å². The molecule has 0 aliphatic rings. The zero-order valence-corrected chi connectivity index (χ0v) is 72.8. The molecule has 9 nitrogen and oxygen atoms in total. The molecule has 0 saturated heterocycles. The maximum atomic E-state index is 5.41. The molecule has 25 rings (SSSR count). The van der Waals surface area contributed by atoms with E-state index < -0.39 is 0 Å². The fourth-order valence-electron chi connectivity index (χ4n) is 19.2. The minimum atomic E-state index is 0.618. The van der Waals surface area contributed by atoms with E-state index in [9.17, 15) is 0 Å². The average Bonchev–Trinajstić information content (AvgIpc) is 1.56. The zero-order chi connectivity index (χ0) is 88.8. The van der Waals surface area contributed by atoms with Crippen molar-refractivity contribution >= 4 is 76.2 Å². The number of para-hydroxylation sites is 6. The lowest BCUT2D eigenvalue weighted by molar-refractivity contribution is 1.08. The number of hydrogen-bond acceptors (Lipinski definition) is 7. The number of rotatable bonds is 16. The monoisotopic (exact) mass is 1710 g/mol. The largest absolute Gasteiger partial charge is 0.307 e. The average molecular weight is 1710 g/mol. The summed E-state index contributed by atoms with van der Waals surface area (Å²) in [5.41, 5.74) is 33.9. The zero-order valence-electron chi connectivity index (χ0n) is 72.8. The van der Waals surface area contributed by atoms with E-state index in [4.69, 9.17) is 34.9 Å². The van der Waals surface area contributed by atoms with Gasteiger partial charge < -0.3 is 9.13 Å². The molecule has 0 atom stereocenters. The van der Waals surface area contributed by atoms with Gasteiger partial charge in [0, 0.05) is 88.2 Å². The van der Waals surface area contributed by atoms with Gasteiger partial charge in [-0.15, -0.1) is 0 Å². The van der Waals surface area contributed by atoms with E-state index in [-0.39, 0.29) is 0 Å². The molecule has 134 heavy (non-hydrogen) atoms. The summed E-state index contributed by atoms with van der Waals surface area (Å²) in [6.45, 7) is 0. The van der Waals surface area contributed by atoms with Crippen molar-refractivity contribution in [1.82, 2.24) is 44.0 Å². The summed E-state index contributed by atoms with van der Waals surface area (Å²) >= 11 is 0. The third-order valence-corrected chi connectivity index (χ3v) is 25.7. The quantitative estimate of drug-likeness (QED) is 0.0950. The SMILES string of the molecule is c1ccc(-c2cc(-c3ccccc3)cc(-c3cc(-c4ccccc4)nc(-c4ccc(-c5ccc(-c6nc7ccccc7c7c8ccccc8n(-c8ccccc8)c67)cc5)cc4)n3)c2)cc1.c1ccc(-c2ccc(-c3nc(-c4ccc(-c5ccccc5)cc4)nc(-c4ccc(-c5ccc(-c6nc7ccccc7c7c8ccccc8n(-c8ccccc8)c67)cc5)c5ccccc45)n3)cc2)cc1. The van der Waals surface area contributed by atoms with E-state index in [0.717, 1.165) is 200 Å². The highest BCUT2D eigenvalue weighted by Gasteiger charge is 2.26. The van der Waals surface area contributed by atoms with Gasteiger partial charge in [0.25, 0.3) is 0 Å². The van der Waals surface area contributed by atoms with Crippen LogP contribution in [0.25, 0.3) is 245 Å². The van der Waals surface area contributed by atoms with Crippen LogP contribution in [0.4, 0.5) is 0 Å². The third kappa shape index (κ3) is 14.9. The van der Waals surface area contributed by atoms with E-state index in [1.807, 2.05) is 18.2 Å². The minimum absolute atomic E-state index is 0.618. The highest BCUT2D eigenvalue weighted by molar-refractivity contribution is 6.25. The number of hydrogen-bond donors (Lipinski definition) is 0. The van der Waals surface area contributed by atoms with E-state index in [1.165, 1.54) is 21.5 Å². The van der Waals surface area contributed by atoms with Gasteiger partial charge in [-0.2, -0.15) is 0 Å². The Labute approximate surface area is 775 Å². The van der Waals surface area contributed by atoms with Crippen molar-refractivity contribution in [2.75, 3.05) is 0 Å². The summed E-state index contributed by atoms with van der Waals surface area (Å²) in [7, 11) is 0. The van der Waals surface area contributed by atoms with Crippen LogP contribution in [-0.4, -0.2) is 44.0 Å². The number of benzene rings is 19. The first-order valence-corrected chi connectivity index (χ1v) is 45.3. The van der Waals surface area contributed by atoms with Crippen LogP contribution < -0.4 is 0 Å². The van der Waals surface area contributed by atoms with Crippen LogP contribution in [0.2, 0.25) is 0 Å². The van der Waals surface area contributed by atoms with E-state index in [2.05, 4.69) is 482 Å². The van der Waals surface area contributed by atoms with E-state index >= 15 is 0 Å². The lowest BCUT2D eigenvalue weighted by Gasteiger charge is -2.14. The Balaban J connectivity index is 0.000000147. The first-order valence-electron chi connectivity index (χ1n) is 45.3. The summed E-state index contributed by atoms with van der Waals surface area (Å²) in [4.78, 5) is 36.8. The van der Waals surface area contributed by atoms with Crippen molar-refractivity contribution in [3.8, 4) is 169 Å². The topological polar surface area (TPSA) is 100 Å². The van der Waals surface area contributed by atoms with Crippen LogP contribution >= 0.6 is 0 Å². The van der Waals surface area contributed by atoms with Gasteiger partial charge in [0.1, 0.15) is 0 Å². The molecule has 0 spiro atoms. The van der Waals surface area contributed by atoms with Gasteiger partial charge in [-0.05, 0) is 156 Å². The molecule has 0 saturated carbocycles. The third-order valence-electron chi connectivity index (χ3n) is 25.7. The van der Waals surface area contributed by atoms with Gasteiger partial charge in [-0.1, -0.05) is 413 Å². The van der Waals surface area contributed by atoms with E-state index in [0.29, 0.717) is 23.3 Å². The van der Waals surface area contributed by atoms with Crippen LogP contribution in [-0.2, 0) is 0 Å². The number of aromatic nitrogens is 9. The molecule has 0 N–H and O–H groups in total. The molecule has 6 aromatic heterocycles.